The van der Waals surface area contributed by atoms with Gasteiger partial charge in [-0.25, -0.2) is 0 Å². The fraction of sp³-hybridized carbons (Fsp3) is 0.615. The standard InChI is InChI=1S/C13H19ClN2OS/c1-9(10-7-12(14)18-8-10)15-6-2-3-13(17)16-11-4-5-11/h7-9,11,15H,2-6H2,1H3,(H,16,17). The fourth-order valence-electron chi connectivity index (χ4n) is 1.76. The third-order valence-corrected chi connectivity index (χ3v) is 4.17. The Labute approximate surface area is 117 Å². The maximum Gasteiger partial charge on any atom is 0.220 e. The first-order valence-corrected chi connectivity index (χ1v) is 7.67. The van der Waals surface area contributed by atoms with Crippen LogP contribution in [-0.4, -0.2) is 18.5 Å². The molecule has 18 heavy (non-hydrogen) atoms. The summed E-state index contributed by atoms with van der Waals surface area (Å²) >= 11 is 7.45. The van der Waals surface area contributed by atoms with E-state index in [1.54, 1.807) is 11.3 Å². The van der Waals surface area contributed by atoms with Crippen LogP contribution in [0.25, 0.3) is 0 Å². The van der Waals surface area contributed by atoms with Crippen molar-refractivity contribution in [2.24, 2.45) is 0 Å². The number of nitrogens with one attached hydrogen (secondary N) is 2. The van der Waals surface area contributed by atoms with Gasteiger partial charge >= 0.3 is 0 Å². The molecule has 3 nitrogen and oxygen atoms in total. The smallest absolute Gasteiger partial charge is 0.220 e. The SMILES string of the molecule is CC(NCCCC(=O)NC1CC1)c1csc(Cl)c1. The van der Waals surface area contributed by atoms with E-state index in [0.29, 0.717) is 18.5 Å². The van der Waals surface area contributed by atoms with Crippen LogP contribution in [0.5, 0.6) is 0 Å². The number of carbonyl (C=O) groups excluding carboxylic acids is 1. The topological polar surface area (TPSA) is 41.1 Å². The van der Waals surface area contributed by atoms with Crippen LogP contribution in [0, 0.1) is 0 Å². The lowest BCUT2D eigenvalue weighted by Crippen LogP contribution is -2.27. The summed E-state index contributed by atoms with van der Waals surface area (Å²) in [5.41, 5.74) is 1.22. The van der Waals surface area contributed by atoms with Crippen molar-refractivity contribution >= 4 is 28.8 Å². The minimum atomic E-state index is 0.186. The highest BCUT2D eigenvalue weighted by molar-refractivity contribution is 7.14. The molecule has 100 valence electrons. The molecule has 1 aliphatic rings. The predicted octanol–water partition coefficient (Wildman–Crippen LogP) is 3.11. The summed E-state index contributed by atoms with van der Waals surface area (Å²) in [5, 5.41) is 8.47. The summed E-state index contributed by atoms with van der Waals surface area (Å²) in [6.45, 7) is 2.97. The van der Waals surface area contributed by atoms with E-state index in [9.17, 15) is 4.79 Å². The van der Waals surface area contributed by atoms with Crippen molar-refractivity contribution in [3.05, 3.63) is 21.3 Å². The van der Waals surface area contributed by atoms with Gasteiger partial charge in [-0.05, 0) is 49.7 Å². The third kappa shape index (κ3) is 4.59. The van der Waals surface area contributed by atoms with Crippen LogP contribution in [0.4, 0.5) is 0 Å². The molecule has 2 rings (SSSR count). The molecule has 1 fully saturated rings. The lowest BCUT2D eigenvalue weighted by atomic mass is 10.2. The molecule has 0 spiro atoms. The molecule has 0 saturated heterocycles. The van der Waals surface area contributed by atoms with E-state index in [2.05, 4.69) is 22.9 Å². The number of amides is 1. The molecule has 0 aliphatic heterocycles. The van der Waals surface area contributed by atoms with Crippen LogP contribution in [0.3, 0.4) is 0 Å². The molecular weight excluding hydrogens is 268 g/mol. The Morgan fingerprint density at radius 2 is 2.39 bits per heavy atom. The first-order chi connectivity index (χ1) is 8.65. The Balaban J connectivity index is 1.58. The van der Waals surface area contributed by atoms with Gasteiger partial charge in [0.1, 0.15) is 0 Å². The van der Waals surface area contributed by atoms with Crippen LogP contribution in [-0.2, 0) is 4.79 Å². The van der Waals surface area contributed by atoms with Gasteiger partial charge in [0.05, 0.1) is 4.34 Å². The lowest BCUT2D eigenvalue weighted by Gasteiger charge is -2.12. The van der Waals surface area contributed by atoms with Crippen molar-refractivity contribution < 1.29 is 4.79 Å². The van der Waals surface area contributed by atoms with E-state index in [-0.39, 0.29) is 5.91 Å². The highest BCUT2D eigenvalue weighted by atomic mass is 35.5. The molecule has 5 heteroatoms. The van der Waals surface area contributed by atoms with Crippen LogP contribution in [0.15, 0.2) is 11.4 Å². The highest BCUT2D eigenvalue weighted by Crippen LogP contribution is 2.24. The van der Waals surface area contributed by atoms with E-state index < -0.39 is 0 Å². The van der Waals surface area contributed by atoms with Crippen molar-refractivity contribution in [3.8, 4) is 0 Å². The van der Waals surface area contributed by atoms with Crippen molar-refractivity contribution in [1.29, 1.82) is 0 Å². The number of carbonyl (C=O) groups is 1. The Kier molecular flexibility index (Phi) is 5.03. The summed E-state index contributed by atoms with van der Waals surface area (Å²) in [5.74, 6) is 0.186. The molecule has 0 bridgehead atoms. The maximum absolute atomic E-state index is 11.5. The molecular formula is C13H19ClN2OS. The van der Waals surface area contributed by atoms with Crippen molar-refractivity contribution in [2.45, 2.75) is 44.7 Å². The Hall–Kier alpha value is -0.580. The first-order valence-electron chi connectivity index (χ1n) is 6.42. The Morgan fingerprint density at radius 3 is 3.00 bits per heavy atom. The second-order valence-electron chi connectivity index (χ2n) is 4.81. The van der Waals surface area contributed by atoms with Crippen molar-refractivity contribution in [2.75, 3.05) is 6.54 Å². The number of thiophene rings is 1. The minimum absolute atomic E-state index is 0.186. The lowest BCUT2D eigenvalue weighted by molar-refractivity contribution is -0.121. The molecule has 1 aromatic rings. The summed E-state index contributed by atoms with van der Waals surface area (Å²) < 4.78 is 0.822. The van der Waals surface area contributed by atoms with E-state index in [1.165, 1.54) is 5.56 Å². The van der Waals surface area contributed by atoms with Gasteiger partial charge in [-0.3, -0.25) is 4.79 Å². The zero-order valence-electron chi connectivity index (χ0n) is 10.5. The Bertz CT molecular complexity index is 403. The van der Waals surface area contributed by atoms with E-state index in [0.717, 1.165) is 30.1 Å². The van der Waals surface area contributed by atoms with Crippen LogP contribution >= 0.6 is 22.9 Å². The largest absolute Gasteiger partial charge is 0.353 e. The zero-order chi connectivity index (χ0) is 13.0. The van der Waals surface area contributed by atoms with Crippen LogP contribution < -0.4 is 10.6 Å². The number of rotatable bonds is 7. The zero-order valence-corrected chi connectivity index (χ0v) is 12.1. The van der Waals surface area contributed by atoms with E-state index >= 15 is 0 Å². The van der Waals surface area contributed by atoms with Gasteiger partial charge in [-0.15, -0.1) is 11.3 Å². The second-order valence-corrected chi connectivity index (χ2v) is 6.35. The highest BCUT2D eigenvalue weighted by Gasteiger charge is 2.22. The van der Waals surface area contributed by atoms with Crippen LogP contribution in [0.1, 0.15) is 44.2 Å². The van der Waals surface area contributed by atoms with Gasteiger partial charge in [0.2, 0.25) is 5.91 Å². The molecule has 0 aromatic carbocycles. The first kappa shape index (κ1) is 13.8. The second kappa shape index (κ2) is 6.55. The summed E-state index contributed by atoms with van der Waals surface area (Å²) in [6, 6.07) is 2.75. The number of hydrogen-bond acceptors (Lipinski definition) is 3. The molecule has 1 aromatic heterocycles. The summed E-state index contributed by atoms with van der Waals surface area (Å²) in [7, 11) is 0. The number of hydrogen-bond donors (Lipinski definition) is 2. The van der Waals surface area contributed by atoms with E-state index in [4.69, 9.17) is 11.6 Å². The van der Waals surface area contributed by atoms with E-state index in [1.807, 2.05) is 6.07 Å². The number of halogens is 1. The Morgan fingerprint density at radius 1 is 1.61 bits per heavy atom. The molecule has 1 unspecified atom stereocenters. The normalized spacial score (nSPS) is 16.6. The predicted molar refractivity (Wildman–Crippen MR) is 76.1 cm³/mol. The average Bonchev–Trinajstić information content (AvgIpc) is 3.03. The van der Waals surface area contributed by atoms with Gasteiger partial charge in [-0.2, -0.15) is 0 Å². The fourth-order valence-corrected chi connectivity index (χ4v) is 2.75. The van der Waals surface area contributed by atoms with Crippen molar-refractivity contribution in [1.82, 2.24) is 10.6 Å². The van der Waals surface area contributed by atoms with Crippen LogP contribution in [0.2, 0.25) is 4.34 Å². The van der Waals surface area contributed by atoms with Crippen molar-refractivity contribution in [3.63, 3.8) is 0 Å². The maximum atomic E-state index is 11.5. The molecule has 1 atom stereocenters. The molecule has 2 N–H and O–H groups in total. The monoisotopic (exact) mass is 286 g/mol. The van der Waals surface area contributed by atoms with Gasteiger partial charge in [0.25, 0.3) is 0 Å². The third-order valence-electron chi connectivity index (χ3n) is 3.06. The molecule has 1 saturated carbocycles. The molecule has 1 aliphatic carbocycles. The summed E-state index contributed by atoms with van der Waals surface area (Å²) in [6.07, 6.45) is 3.79. The molecule has 1 heterocycles. The average molecular weight is 287 g/mol. The molecule has 0 radical (unpaired) electrons. The quantitative estimate of drug-likeness (QED) is 0.756. The molecule has 1 amide bonds. The van der Waals surface area contributed by atoms with Gasteiger partial charge < -0.3 is 10.6 Å². The van der Waals surface area contributed by atoms with Gasteiger partial charge in [0, 0.05) is 18.5 Å². The summed E-state index contributed by atoms with van der Waals surface area (Å²) in [4.78, 5) is 11.5. The van der Waals surface area contributed by atoms with Gasteiger partial charge in [0.15, 0.2) is 0 Å². The minimum Gasteiger partial charge on any atom is -0.353 e. The van der Waals surface area contributed by atoms with Gasteiger partial charge in [-0.1, -0.05) is 11.6 Å².